The minimum Gasteiger partial charge on any atom is -0.584 e. The SMILES string of the molecule is O=[C]([O-])[Mg][c]1cc(C(=O)OCCO)cc(S(=O)(=O)O)c1.[Na+]. The van der Waals surface area contributed by atoms with Crippen LogP contribution in [0.3, 0.4) is 0 Å². The zero-order valence-corrected chi connectivity index (χ0v) is 15.3. The molecular weight excluding hydrogens is 327 g/mol. The molecule has 2 N–H and O–H groups in total. The summed E-state index contributed by atoms with van der Waals surface area (Å²) < 4.78 is 34.5. The van der Waals surface area contributed by atoms with Crippen molar-refractivity contribution >= 4 is 44.2 Å². The van der Waals surface area contributed by atoms with Gasteiger partial charge in [0.15, 0.2) is 0 Å². The van der Waals surface area contributed by atoms with Crippen molar-refractivity contribution in [2.75, 3.05) is 13.2 Å². The van der Waals surface area contributed by atoms with Crippen LogP contribution < -0.4 is 38.4 Å². The fourth-order valence-electron chi connectivity index (χ4n) is 1.42. The molecule has 0 amide bonds. The minimum atomic E-state index is -4.59. The van der Waals surface area contributed by atoms with Crippen LogP contribution in [0, 0.1) is 0 Å². The number of benzene rings is 1. The van der Waals surface area contributed by atoms with E-state index in [2.05, 4.69) is 4.74 Å². The number of carbonyl (C=O) groups is 2. The van der Waals surface area contributed by atoms with Gasteiger partial charge in [-0.05, 0) is 6.07 Å². The standard InChI is InChI=1S/C9H9O6S.CO2.Mg.Na/c10-4-5-15-9(11)7-2-1-3-8(6-7)16(12,13)14;2-1-3;;/h2-3,6,10H,4-5H2,(H,12,13,14);;;/q;-1;;+1. The van der Waals surface area contributed by atoms with Crippen molar-refractivity contribution in [3.05, 3.63) is 23.8 Å². The van der Waals surface area contributed by atoms with Gasteiger partial charge < -0.3 is 19.7 Å². The van der Waals surface area contributed by atoms with Gasteiger partial charge in [-0.3, -0.25) is 4.55 Å². The van der Waals surface area contributed by atoms with Gasteiger partial charge in [-0.25, -0.2) is 4.79 Å². The molecule has 8 nitrogen and oxygen atoms in total. The second-order valence-electron chi connectivity index (χ2n) is 3.75. The zero-order valence-electron chi connectivity index (χ0n) is 11.1. The van der Waals surface area contributed by atoms with Crippen molar-refractivity contribution in [1.82, 2.24) is 0 Å². The van der Waals surface area contributed by atoms with Crippen molar-refractivity contribution in [2.24, 2.45) is 0 Å². The Bertz CT molecular complexity index is 630. The van der Waals surface area contributed by atoms with Crippen LogP contribution in [0.2, 0.25) is 0 Å². The summed E-state index contributed by atoms with van der Waals surface area (Å²) in [4.78, 5) is 21.5. The minimum absolute atomic E-state index is 0. The van der Waals surface area contributed by atoms with Crippen LogP contribution in [0.4, 0.5) is 4.79 Å². The van der Waals surface area contributed by atoms with Crippen molar-refractivity contribution in [1.29, 1.82) is 0 Å². The first-order chi connectivity index (χ1) is 9.24. The summed E-state index contributed by atoms with van der Waals surface area (Å²) in [5.41, 5.74) is -0.225. The molecule has 1 aromatic rings. The summed E-state index contributed by atoms with van der Waals surface area (Å²) in [6.45, 7) is -0.702. The smallest absolute Gasteiger partial charge is 0.584 e. The van der Waals surface area contributed by atoms with Crippen molar-refractivity contribution < 1.29 is 67.1 Å². The van der Waals surface area contributed by atoms with Gasteiger partial charge in [0.1, 0.15) is 6.61 Å². The van der Waals surface area contributed by atoms with Crippen LogP contribution in [-0.2, 0) is 14.9 Å². The summed E-state index contributed by atoms with van der Waals surface area (Å²) >= 11 is -1.96. The van der Waals surface area contributed by atoms with Crippen LogP contribution in [0.15, 0.2) is 23.1 Å². The second-order valence-corrected chi connectivity index (χ2v) is 6.92. The molecule has 0 heterocycles. The molecule has 106 valence electrons. The van der Waals surface area contributed by atoms with Crippen molar-refractivity contribution in [2.45, 2.75) is 4.90 Å². The third-order valence-corrected chi connectivity index (χ3v) is 4.11. The molecule has 0 bridgehead atoms. The van der Waals surface area contributed by atoms with E-state index >= 15 is 0 Å². The molecule has 11 heteroatoms. The van der Waals surface area contributed by atoms with Crippen LogP contribution in [0.1, 0.15) is 10.4 Å². The van der Waals surface area contributed by atoms with Crippen LogP contribution in [0.25, 0.3) is 0 Å². The number of hydrogen-bond acceptors (Lipinski definition) is 7. The molecule has 0 saturated carbocycles. The van der Waals surface area contributed by atoms with E-state index in [9.17, 15) is 23.1 Å². The van der Waals surface area contributed by atoms with Gasteiger partial charge in [0.25, 0.3) is 10.1 Å². The van der Waals surface area contributed by atoms with Gasteiger partial charge in [-0.15, -0.1) is 0 Å². The Morgan fingerprint density at radius 2 is 1.90 bits per heavy atom. The number of carbonyl (C=O) groups excluding carboxylic acids is 2. The number of rotatable bonds is 6. The van der Waals surface area contributed by atoms with Crippen LogP contribution >= 0.6 is 0 Å². The van der Waals surface area contributed by atoms with Gasteiger partial charge in [0, 0.05) is 0 Å². The van der Waals surface area contributed by atoms with E-state index in [0.29, 0.717) is 0 Å². The summed E-state index contributed by atoms with van der Waals surface area (Å²) in [7, 11) is -4.59. The number of aliphatic hydroxyl groups is 1. The molecule has 0 saturated heterocycles. The predicted molar refractivity (Wildman–Crippen MR) is 64.4 cm³/mol. The summed E-state index contributed by atoms with van der Waals surface area (Å²) in [5, 5.41) is 19.1. The molecule has 0 spiro atoms. The van der Waals surface area contributed by atoms with Crippen LogP contribution in [-0.4, -0.2) is 61.7 Å². The van der Waals surface area contributed by atoms with Gasteiger partial charge >= 0.3 is 55.9 Å². The summed E-state index contributed by atoms with van der Waals surface area (Å²) in [6, 6.07) is 3.00. The quantitative estimate of drug-likeness (QED) is 0.298. The number of hydrogen-bond donors (Lipinski definition) is 2. The fourth-order valence-corrected chi connectivity index (χ4v) is 3.12. The number of carboxylic acid groups (broad SMARTS) is 1. The number of esters is 1. The Morgan fingerprint density at radius 3 is 2.38 bits per heavy atom. The molecule has 0 radical (unpaired) electrons. The molecule has 0 aliphatic carbocycles. The Hall–Kier alpha value is -0.204. The van der Waals surface area contributed by atoms with E-state index in [4.69, 9.17) is 9.66 Å². The molecule has 0 aliphatic heterocycles. The van der Waals surface area contributed by atoms with E-state index in [1.807, 2.05) is 0 Å². The predicted octanol–water partition coefficient (Wildman–Crippen LogP) is -5.24. The first-order valence-corrected chi connectivity index (χ1v) is 8.18. The molecule has 0 atom stereocenters. The third kappa shape index (κ3) is 7.06. The summed E-state index contributed by atoms with van der Waals surface area (Å²) in [5.74, 6) is -0.932. The van der Waals surface area contributed by atoms with E-state index < -0.39 is 52.1 Å². The zero-order chi connectivity index (χ0) is 15.3. The molecular formula is C10H9MgNaO8S. The van der Waals surface area contributed by atoms with Gasteiger partial charge in [-0.2, -0.15) is 12.1 Å². The first kappa shape index (κ1) is 20.8. The van der Waals surface area contributed by atoms with Gasteiger partial charge in [-0.1, -0.05) is 16.2 Å². The maximum atomic E-state index is 11.6. The monoisotopic (exact) mass is 336 g/mol. The maximum Gasteiger partial charge on any atom is 1.00 e. The Balaban J connectivity index is 0.00000400. The largest absolute Gasteiger partial charge is 1.00 e. The number of ether oxygens (including phenoxy) is 1. The Kier molecular flexibility index (Phi) is 8.96. The fraction of sp³-hybridized carbons (Fsp3) is 0.200. The molecule has 1 rings (SSSR count). The molecule has 0 fully saturated rings. The Labute approximate surface area is 152 Å². The first-order valence-electron chi connectivity index (χ1n) is 5.33. The molecule has 1 aromatic carbocycles. The average molecular weight is 337 g/mol. The van der Waals surface area contributed by atoms with Crippen LogP contribution in [0.5, 0.6) is 0 Å². The maximum absolute atomic E-state index is 11.6. The summed E-state index contributed by atoms with van der Waals surface area (Å²) in [6.07, 6.45) is 0. The molecule has 21 heavy (non-hydrogen) atoms. The molecule has 0 unspecified atom stereocenters. The average Bonchev–Trinajstić information content (AvgIpc) is 2.33. The topological polar surface area (TPSA) is 141 Å². The van der Waals surface area contributed by atoms with Gasteiger partial charge in [0.05, 0.1) is 17.1 Å². The van der Waals surface area contributed by atoms with E-state index in [-0.39, 0.29) is 45.4 Å². The molecule has 0 aromatic heterocycles. The Morgan fingerprint density at radius 1 is 1.29 bits per heavy atom. The normalized spacial score (nSPS) is 10.2. The van der Waals surface area contributed by atoms with Crippen molar-refractivity contribution in [3.8, 4) is 0 Å². The van der Waals surface area contributed by atoms with Crippen molar-refractivity contribution in [3.63, 3.8) is 0 Å². The van der Waals surface area contributed by atoms with E-state index in [0.717, 1.165) is 18.2 Å². The number of aliphatic hydroxyl groups excluding tert-OH is 1. The van der Waals surface area contributed by atoms with E-state index in [1.165, 1.54) is 0 Å². The second kappa shape index (κ2) is 9.05. The molecule has 0 aliphatic rings. The third-order valence-electron chi connectivity index (χ3n) is 2.17. The van der Waals surface area contributed by atoms with Gasteiger partial charge in [0.2, 0.25) is 0 Å². The van der Waals surface area contributed by atoms with E-state index in [1.54, 1.807) is 0 Å².